The molecule has 0 aliphatic heterocycles. The Kier molecular flexibility index (Phi) is 14.5. The summed E-state index contributed by atoms with van der Waals surface area (Å²) < 4.78 is 0.773. The van der Waals surface area contributed by atoms with Crippen molar-refractivity contribution >= 4 is 39.9 Å². The van der Waals surface area contributed by atoms with E-state index < -0.39 is 11.9 Å². The van der Waals surface area contributed by atoms with Crippen molar-refractivity contribution in [2.75, 3.05) is 0 Å². The minimum absolute atomic E-state index is 0.296. The van der Waals surface area contributed by atoms with Gasteiger partial charge in [-0.3, -0.25) is 9.59 Å². The van der Waals surface area contributed by atoms with Crippen molar-refractivity contribution in [2.24, 2.45) is 0 Å². The standard InChI is InChI=1S/C10H21.C4H6O4.Na/c1-4-7-8-9-10(5-2)6-3;5-3(6)1-2-4(7)8;/h4-9H2,1-3H3;1-2H2,(H,5,6)(H,7,8);. The molecule has 0 unspecified atom stereocenters. The van der Waals surface area contributed by atoms with Crippen LogP contribution in [0.1, 0.15) is 72.1 Å². The van der Waals surface area contributed by atoms with Gasteiger partial charge in [-0.15, -0.1) is 0 Å². The summed E-state index contributed by atoms with van der Waals surface area (Å²) >= 11 is 1.39. The molecule has 0 aromatic rings. The van der Waals surface area contributed by atoms with Gasteiger partial charge in [-0.2, -0.15) is 0 Å². The van der Waals surface area contributed by atoms with Crippen LogP contribution < -0.4 is 0 Å². The maximum Gasteiger partial charge on any atom is 0.303 e. The second kappa shape index (κ2) is 12.9. The Morgan fingerprint density at radius 3 is 1.63 bits per heavy atom. The van der Waals surface area contributed by atoms with Crippen LogP contribution in [0, 0.1) is 0 Å². The van der Waals surface area contributed by atoms with Crippen molar-refractivity contribution < 1.29 is 19.8 Å². The van der Waals surface area contributed by atoms with Gasteiger partial charge in [0.25, 0.3) is 0 Å². The minimum atomic E-state index is -1.08. The van der Waals surface area contributed by atoms with E-state index in [4.69, 9.17) is 10.2 Å². The van der Waals surface area contributed by atoms with Crippen molar-refractivity contribution in [1.29, 1.82) is 0 Å². The molecule has 0 rings (SSSR count). The average molecular weight is 282 g/mol. The molecule has 0 aliphatic rings. The zero-order valence-electron chi connectivity index (χ0n) is 12.9. The topological polar surface area (TPSA) is 74.6 Å². The number of aliphatic carboxylic acids is 2. The van der Waals surface area contributed by atoms with Gasteiger partial charge in [0.15, 0.2) is 0 Å². The van der Waals surface area contributed by atoms with Crippen LogP contribution in [0.15, 0.2) is 0 Å². The molecule has 0 heterocycles. The second-order valence-corrected chi connectivity index (χ2v) is 7.38. The van der Waals surface area contributed by atoms with E-state index in [0.29, 0.717) is 0 Å². The largest absolute Gasteiger partial charge is 0.481 e. The fourth-order valence-electron chi connectivity index (χ4n) is 1.62. The van der Waals surface area contributed by atoms with E-state index in [9.17, 15) is 9.59 Å². The Morgan fingerprint density at radius 1 is 0.947 bits per heavy atom. The third kappa shape index (κ3) is 15.9. The predicted octanol–water partition coefficient (Wildman–Crippen LogP) is 3.65. The van der Waals surface area contributed by atoms with Crippen LogP contribution in [-0.4, -0.2) is 50.1 Å². The fraction of sp³-hybridized carbons (Fsp3) is 0.857. The first kappa shape index (κ1) is 21.2. The zero-order valence-corrected chi connectivity index (χ0v) is 14.9. The van der Waals surface area contributed by atoms with Crippen LogP contribution in [0.3, 0.4) is 0 Å². The molecule has 0 amide bonds. The Morgan fingerprint density at radius 2 is 1.37 bits per heavy atom. The van der Waals surface area contributed by atoms with E-state index in [1.165, 1.54) is 66.5 Å². The number of hydrogen-bond acceptors (Lipinski definition) is 2. The molecule has 19 heavy (non-hydrogen) atoms. The molecule has 5 heteroatoms. The van der Waals surface area contributed by atoms with Crippen LogP contribution in [-0.2, 0) is 9.59 Å². The molecule has 0 spiro atoms. The summed E-state index contributed by atoms with van der Waals surface area (Å²) in [5.41, 5.74) is 0. The molecule has 0 atom stereocenters. The van der Waals surface area contributed by atoms with Gasteiger partial charge in [-0.25, -0.2) is 0 Å². The van der Waals surface area contributed by atoms with Crippen molar-refractivity contribution in [1.82, 2.24) is 0 Å². The molecule has 0 aromatic heterocycles. The van der Waals surface area contributed by atoms with Gasteiger partial charge in [-0.1, -0.05) is 0 Å². The summed E-state index contributed by atoms with van der Waals surface area (Å²) in [4.78, 5) is 19.3. The molecule has 0 saturated heterocycles. The van der Waals surface area contributed by atoms with Gasteiger partial charge in [0.2, 0.25) is 0 Å². The van der Waals surface area contributed by atoms with E-state index >= 15 is 0 Å². The van der Waals surface area contributed by atoms with Gasteiger partial charge in [0, 0.05) is 0 Å². The SMILES string of the molecule is CCCCC[C]([Na])(CC)CC.O=C(O)CCC(=O)O. The summed E-state index contributed by atoms with van der Waals surface area (Å²) in [6.07, 6.45) is 7.96. The van der Waals surface area contributed by atoms with Gasteiger partial charge >= 0.3 is 102 Å². The number of carboxylic acids is 2. The van der Waals surface area contributed by atoms with Gasteiger partial charge in [-0.05, 0) is 0 Å². The van der Waals surface area contributed by atoms with Crippen molar-refractivity contribution in [3.8, 4) is 0 Å². The van der Waals surface area contributed by atoms with Gasteiger partial charge in [0.1, 0.15) is 0 Å². The molecule has 4 nitrogen and oxygen atoms in total. The summed E-state index contributed by atoms with van der Waals surface area (Å²) in [7, 11) is 0. The molecular formula is C14H27NaO4. The fourth-order valence-corrected chi connectivity index (χ4v) is 1.97. The quantitative estimate of drug-likeness (QED) is 0.500. The average Bonchev–Trinajstić information content (AvgIpc) is 2.37. The second-order valence-electron chi connectivity index (χ2n) is 5.26. The smallest absolute Gasteiger partial charge is 0.303 e. The minimum Gasteiger partial charge on any atom is -0.481 e. The molecule has 0 radical (unpaired) electrons. The summed E-state index contributed by atoms with van der Waals surface area (Å²) in [5.74, 6) is -2.15. The first-order chi connectivity index (χ1) is 8.81. The normalized spacial score (nSPS) is 10.6. The Balaban J connectivity index is 0. The van der Waals surface area contributed by atoms with Gasteiger partial charge in [0.05, 0.1) is 12.8 Å². The number of carbonyl (C=O) groups is 2. The van der Waals surface area contributed by atoms with E-state index in [-0.39, 0.29) is 12.8 Å². The summed E-state index contributed by atoms with van der Waals surface area (Å²) in [6.45, 7) is 6.98. The predicted molar refractivity (Wildman–Crippen MR) is 77.7 cm³/mol. The van der Waals surface area contributed by atoms with Crippen molar-refractivity contribution in [3.05, 3.63) is 0 Å². The van der Waals surface area contributed by atoms with Crippen LogP contribution >= 0.6 is 0 Å². The van der Waals surface area contributed by atoms with Crippen molar-refractivity contribution in [3.63, 3.8) is 0 Å². The molecule has 0 saturated carbocycles. The van der Waals surface area contributed by atoms with E-state index in [0.717, 1.165) is 2.66 Å². The Bertz CT molecular complexity index is 236. The summed E-state index contributed by atoms with van der Waals surface area (Å²) in [6, 6.07) is 0. The summed E-state index contributed by atoms with van der Waals surface area (Å²) in [5, 5.41) is 15.8. The molecule has 108 valence electrons. The molecular weight excluding hydrogens is 255 g/mol. The molecule has 0 fully saturated rings. The van der Waals surface area contributed by atoms with E-state index in [2.05, 4.69) is 20.8 Å². The van der Waals surface area contributed by atoms with Gasteiger partial charge < -0.3 is 10.2 Å². The van der Waals surface area contributed by atoms with Crippen LogP contribution in [0.2, 0.25) is 2.66 Å². The van der Waals surface area contributed by atoms with Crippen LogP contribution in [0.5, 0.6) is 0 Å². The Hall–Kier alpha value is -0.0600. The van der Waals surface area contributed by atoms with Crippen LogP contribution in [0.25, 0.3) is 0 Å². The number of rotatable bonds is 9. The first-order valence-electron chi connectivity index (χ1n) is 7.24. The zero-order chi connectivity index (χ0) is 15.3. The maximum absolute atomic E-state index is 9.64. The van der Waals surface area contributed by atoms with E-state index in [1.54, 1.807) is 0 Å². The van der Waals surface area contributed by atoms with Crippen molar-refractivity contribution in [2.45, 2.75) is 74.8 Å². The number of unbranched alkanes of at least 4 members (excludes halogenated alkanes) is 2. The molecule has 2 N–H and O–H groups in total. The number of carboxylic acid groups (broad SMARTS) is 2. The Labute approximate surface area is 134 Å². The third-order valence-corrected chi connectivity index (χ3v) is 5.56. The third-order valence-electron chi connectivity index (χ3n) is 3.64. The van der Waals surface area contributed by atoms with Crippen LogP contribution in [0.4, 0.5) is 0 Å². The maximum atomic E-state index is 9.64. The monoisotopic (exact) mass is 282 g/mol. The van der Waals surface area contributed by atoms with E-state index in [1.807, 2.05) is 0 Å². The molecule has 0 bridgehead atoms. The molecule has 0 aromatic carbocycles. The first-order valence-corrected chi connectivity index (χ1v) is 8.24. The molecule has 0 aliphatic carbocycles. The number of hydrogen-bond donors (Lipinski definition) is 2.